The summed E-state index contributed by atoms with van der Waals surface area (Å²) in [5.74, 6) is 3.31. The summed E-state index contributed by atoms with van der Waals surface area (Å²) in [7, 11) is 0. The van der Waals surface area contributed by atoms with E-state index in [2.05, 4.69) is 12.2 Å². The van der Waals surface area contributed by atoms with Crippen molar-refractivity contribution in [3.05, 3.63) is 0 Å². The van der Waals surface area contributed by atoms with Gasteiger partial charge >= 0.3 is 0 Å². The van der Waals surface area contributed by atoms with Gasteiger partial charge in [-0.3, -0.25) is 0 Å². The number of rotatable bonds is 1. The fourth-order valence-corrected chi connectivity index (χ4v) is 6.13. The Morgan fingerprint density at radius 1 is 0.938 bits per heavy atom. The molecule has 0 spiro atoms. The lowest BCUT2D eigenvalue weighted by molar-refractivity contribution is -0.0985. The summed E-state index contributed by atoms with van der Waals surface area (Å²) in [5.41, 5.74) is 1.21. The van der Waals surface area contributed by atoms with E-state index in [-0.39, 0.29) is 0 Å². The molecule has 1 heteroatoms. The third-order valence-corrected chi connectivity index (χ3v) is 6.58. The van der Waals surface area contributed by atoms with Crippen molar-refractivity contribution in [2.75, 3.05) is 6.54 Å². The van der Waals surface area contributed by atoms with Crippen LogP contribution in [0, 0.1) is 23.2 Å². The molecule has 5 fully saturated rings. The molecule has 5 rings (SSSR count). The molecular weight excluding hydrogens is 194 g/mol. The van der Waals surface area contributed by atoms with E-state index in [1.165, 1.54) is 19.4 Å². The smallest absolute Gasteiger partial charge is 0.0210 e. The van der Waals surface area contributed by atoms with Crippen LogP contribution >= 0.6 is 0 Å². The molecule has 1 atom stereocenters. The first-order valence-electron chi connectivity index (χ1n) is 7.44. The number of hydrogen-bond acceptors (Lipinski definition) is 1. The zero-order valence-electron chi connectivity index (χ0n) is 10.6. The van der Waals surface area contributed by atoms with Gasteiger partial charge in [-0.25, -0.2) is 0 Å². The zero-order valence-corrected chi connectivity index (χ0v) is 10.6. The van der Waals surface area contributed by atoms with Crippen molar-refractivity contribution >= 4 is 0 Å². The lowest BCUT2D eigenvalue weighted by Gasteiger charge is -2.62. The second-order valence-corrected chi connectivity index (χ2v) is 7.56. The van der Waals surface area contributed by atoms with E-state index in [0.717, 1.165) is 17.8 Å². The molecule has 4 saturated carbocycles. The number of nitrogens with one attached hydrogen (secondary N) is 1. The average Bonchev–Trinajstić information content (AvgIpc) is 2.64. The van der Waals surface area contributed by atoms with Crippen LogP contribution in [0.5, 0.6) is 0 Å². The topological polar surface area (TPSA) is 12.0 Å². The van der Waals surface area contributed by atoms with Crippen LogP contribution in [-0.2, 0) is 0 Å². The highest BCUT2D eigenvalue weighted by molar-refractivity contribution is 5.12. The van der Waals surface area contributed by atoms with E-state index in [1.54, 1.807) is 38.5 Å². The van der Waals surface area contributed by atoms with Crippen LogP contribution < -0.4 is 5.32 Å². The van der Waals surface area contributed by atoms with E-state index in [1.807, 2.05) is 0 Å². The molecule has 1 N–H and O–H groups in total. The van der Waals surface area contributed by atoms with Crippen LogP contribution in [0.3, 0.4) is 0 Å². The monoisotopic (exact) mass is 219 g/mol. The van der Waals surface area contributed by atoms with Gasteiger partial charge in [0.2, 0.25) is 0 Å². The standard InChI is InChI=1S/C15H25N/c1-14(3-2-4-16-14)15-8-11-5-12(9-15)7-13(6-11)10-15/h11-13,16H,2-10H2,1H3. The second kappa shape index (κ2) is 3.04. The molecule has 4 bridgehead atoms. The fourth-order valence-electron chi connectivity index (χ4n) is 6.13. The summed E-state index contributed by atoms with van der Waals surface area (Å²) in [4.78, 5) is 0. The van der Waals surface area contributed by atoms with Crippen LogP contribution in [-0.4, -0.2) is 12.1 Å². The van der Waals surface area contributed by atoms with Gasteiger partial charge in [-0.15, -0.1) is 0 Å². The molecule has 0 amide bonds. The Balaban J connectivity index is 1.70. The van der Waals surface area contributed by atoms with Gasteiger partial charge in [0.1, 0.15) is 0 Å². The van der Waals surface area contributed by atoms with Gasteiger partial charge in [-0.2, -0.15) is 0 Å². The summed E-state index contributed by atoms with van der Waals surface area (Å²) in [6.07, 6.45) is 12.3. The lowest BCUT2D eigenvalue weighted by Crippen LogP contribution is -2.60. The highest BCUT2D eigenvalue weighted by Crippen LogP contribution is 2.64. The first-order chi connectivity index (χ1) is 7.69. The van der Waals surface area contributed by atoms with E-state index in [9.17, 15) is 0 Å². The molecule has 4 aliphatic carbocycles. The molecule has 5 aliphatic rings. The van der Waals surface area contributed by atoms with Crippen molar-refractivity contribution in [3.63, 3.8) is 0 Å². The molecule has 1 nitrogen and oxygen atoms in total. The summed E-state index contributed by atoms with van der Waals surface area (Å²) < 4.78 is 0. The summed E-state index contributed by atoms with van der Waals surface area (Å²) in [6.45, 7) is 3.82. The minimum atomic E-state index is 0.503. The average molecular weight is 219 g/mol. The van der Waals surface area contributed by atoms with Gasteiger partial charge in [-0.05, 0) is 88.0 Å². The molecule has 0 aromatic carbocycles. The van der Waals surface area contributed by atoms with Crippen LogP contribution in [0.25, 0.3) is 0 Å². The first kappa shape index (κ1) is 9.94. The van der Waals surface area contributed by atoms with Crippen LogP contribution in [0.1, 0.15) is 58.3 Å². The quantitative estimate of drug-likeness (QED) is 0.713. The van der Waals surface area contributed by atoms with Crippen molar-refractivity contribution in [1.29, 1.82) is 0 Å². The van der Waals surface area contributed by atoms with Crippen molar-refractivity contribution in [2.24, 2.45) is 23.2 Å². The normalized spacial score (nSPS) is 59.4. The maximum atomic E-state index is 3.89. The Morgan fingerprint density at radius 3 is 1.94 bits per heavy atom. The minimum absolute atomic E-state index is 0.503. The maximum Gasteiger partial charge on any atom is 0.0210 e. The molecule has 1 aliphatic heterocycles. The van der Waals surface area contributed by atoms with Gasteiger partial charge in [0.15, 0.2) is 0 Å². The van der Waals surface area contributed by atoms with Gasteiger partial charge in [0.05, 0.1) is 0 Å². The van der Waals surface area contributed by atoms with Crippen LogP contribution in [0.4, 0.5) is 0 Å². The van der Waals surface area contributed by atoms with E-state index >= 15 is 0 Å². The maximum absolute atomic E-state index is 3.89. The molecule has 16 heavy (non-hydrogen) atoms. The molecule has 1 saturated heterocycles. The molecule has 0 radical (unpaired) electrons. The Kier molecular flexibility index (Phi) is 1.89. The molecule has 0 aromatic heterocycles. The van der Waals surface area contributed by atoms with Crippen LogP contribution in [0.2, 0.25) is 0 Å². The Morgan fingerprint density at radius 2 is 1.50 bits per heavy atom. The fraction of sp³-hybridized carbons (Fsp3) is 1.00. The van der Waals surface area contributed by atoms with E-state index in [4.69, 9.17) is 0 Å². The Hall–Kier alpha value is -0.0400. The highest BCUT2D eigenvalue weighted by Gasteiger charge is 2.58. The van der Waals surface area contributed by atoms with Crippen molar-refractivity contribution < 1.29 is 0 Å². The summed E-state index contributed by atoms with van der Waals surface area (Å²) in [6, 6.07) is 0. The SMILES string of the molecule is CC1(C23CC4CC(CC(C4)C2)C3)CCCN1. The van der Waals surface area contributed by atoms with E-state index in [0.29, 0.717) is 11.0 Å². The minimum Gasteiger partial charge on any atom is -0.311 e. The predicted molar refractivity (Wildman–Crippen MR) is 66.2 cm³/mol. The molecular formula is C15H25N. The first-order valence-corrected chi connectivity index (χ1v) is 7.44. The number of hydrogen-bond donors (Lipinski definition) is 1. The van der Waals surface area contributed by atoms with Crippen molar-refractivity contribution in [1.82, 2.24) is 5.32 Å². The van der Waals surface area contributed by atoms with Crippen LogP contribution in [0.15, 0.2) is 0 Å². The second-order valence-electron chi connectivity index (χ2n) is 7.56. The van der Waals surface area contributed by atoms with Crippen molar-refractivity contribution in [2.45, 2.75) is 63.8 Å². The summed E-state index contributed by atoms with van der Waals surface area (Å²) >= 11 is 0. The van der Waals surface area contributed by atoms with Gasteiger partial charge in [-0.1, -0.05) is 0 Å². The van der Waals surface area contributed by atoms with Gasteiger partial charge in [0, 0.05) is 5.54 Å². The lowest BCUT2D eigenvalue weighted by atomic mass is 9.44. The third-order valence-electron chi connectivity index (χ3n) is 6.58. The predicted octanol–water partition coefficient (Wildman–Crippen LogP) is 3.34. The largest absolute Gasteiger partial charge is 0.311 e. The summed E-state index contributed by atoms with van der Waals surface area (Å²) in [5, 5.41) is 3.89. The third kappa shape index (κ3) is 1.16. The molecule has 1 unspecified atom stereocenters. The Labute approximate surface area is 99.4 Å². The van der Waals surface area contributed by atoms with Gasteiger partial charge < -0.3 is 5.32 Å². The highest BCUT2D eigenvalue weighted by atomic mass is 15.0. The zero-order chi connectivity index (χ0) is 10.8. The van der Waals surface area contributed by atoms with E-state index < -0.39 is 0 Å². The van der Waals surface area contributed by atoms with Crippen molar-refractivity contribution in [3.8, 4) is 0 Å². The molecule has 0 aromatic rings. The van der Waals surface area contributed by atoms with Gasteiger partial charge in [0.25, 0.3) is 0 Å². The molecule has 90 valence electrons. The Bertz CT molecular complexity index is 265. The molecule has 1 heterocycles.